The van der Waals surface area contributed by atoms with E-state index in [4.69, 9.17) is 16.2 Å². The SMILES string of the molecule is NC(N)=[NH+]CCCC[C@H](NC(=O)OCC1c2ccccc2-c2ccccc21)C(=O)[O-]. The lowest BCUT2D eigenvalue weighted by Crippen LogP contribution is -2.78. The van der Waals surface area contributed by atoms with Crippen LogP contribution < -0.4 is 26.9 Å². The molecule has 3 rings (SSSR count). The topological polar surface area (TPSA) is 144 Å². The van der Waals surface area contributed by atoms with Crippen LogP contribution in [-0.2, 0) is 9.53 Å². The Morgan fingerprint density at radius 1 is 1.03 bits per heavy atom. The molecule has 0 heterocycles. The van der Waals surface area contributed by atoms with E-state index < -0.39 is 18.1 Å². The molecule has 1 aliphatic rings. The van der Waals surface area contributed by atoms with Gasteiger partial charge in [-0.25, -0.2) is 4.79 Å². The van der Waals surface area contributed by atoms with Gasteiger partial charge in [0, 0.05) is 5.92 Å². The number of carboxylic acids is 1. The average molecular weight is 410 g/mol. The van der Waals surface area contributed by atoms with Crippen molar-refractivity contribution in [3.05, 3.63) is 59.7 Å². The maximum Gasteiger partial charge on any atom is 0.407 e. The van der Waals surface area contributed by atoms with Crippen LogP contribution in [-0.4, -0.2) is 37.2 Å². The number of aliphatic carboxylic acids is 1. The Bertz CT molecular complexity index is 895. The van der Waals surface area contributed by atoms with Crippen molar-refractivity contribution in [3.63, 3.8) is 0 Å². The Morgan fingerprint density at radius 3 is 2.20 bits per heavy atom. The van der Waals surface area contributed by atoms with E-state index in [0.29, 0.717) is 19.4 Å². The smallest absolute Gasteiger partial charge is 0.407 e. The normalized spacial score (nSPS) is 13.1. The zero-order valence-corrected chi connectivity index (χ0v) is 16.6. The molecule has 0 aliphatic heterocycles. The number of nitrogens with two attached hydrogens (primary N) is 2. The van der Waals surface area contributed by atoms with E-state index >= 15 is 0 Å². The number of alkyl carbamates (subject to hydrolysis) is 1. The summed E-state index contributed by atoms with van der Waals surface area (Å²) in [6.45, 7) is 0.641. The van der Waals surface area contributed by atoms with Crippen molar-refractivity contribution in [1.82, 2.24) is 5.32 Å². The monoisotopic (exact) mass is 410 g/mol. The first kappa shape index (κ1) is 21.2. The van der Waals surface area contributed by atoms with Crippen molar-refractivity contribution in [2.75, 3.05) is 13.2 Å². The van der Waals surface area contributed by atoms with Gasteiger partial charge < -0.3 is 20.0 Å². The molecule has 0 saturated heterocycles. The summed E-state index contributed by atoms with van der Waals surface area (Å²) in [4.78, 5) is 26.4. The molecule has 6 N–H and O–H groups in total. The summed E-state index contributed by atoms with van der Waals surface area (Å²) >= 11 is 0. The second-order valence-corrected chi connectivity index (χ2v) is 7.22. The molecule has 1 atom stereocenters. The van der Waals surface area contributed by atoms with Gasteiger partial charge in [0.05, 0.1) is 18.6 Å². The van der Waals surface area contributed by atoms with Crippen LogP contribution >= 0.6 is 0 Å². The summed E-state index contributed by atoms with van der Waals surface area (Å²) in [6, 6.07) is 14.9. The maximum atomic E-state index is 12.2. The first-order chi connectivity index (χ1) is 14.5. The molecule has 0 fully saturated rings. The number of guanidine groups is 1. The molecule has 1 aliphatic carbocycles. The van der Waals surface area contributed by atoms with Crippen LogP contribution in [0, 0.1) is 0 Å². The van der Waals surface area contributed by atoms with E-state index in [9.17, 15) is 14.7 Å². The van der Waals surface area contributed by atoms with Gasteiger partial charge in [0.15, 0.2) is 0 Å². The number of amides is 1. The predicted octanol–water partition coefficient (Wildman–Crippen LogP) is -0.832. The quantitative estimate of drug-likeness (QED) is 0.241. The number of fused-ring (bicyclic) bond motifs is 3. The summed E-state index contributed by atoms with van der Waals surface area (Å²) in [7, 11) is 0. The van der Waals surface area contributed by atoms with Crippen LogP contribution in [0.3, 0.4) is 0 Å². The maximum absolute atomic E-state index is 12.2. The Labute approximate surface area is 174 Å². The molecule has 8 nitrogen and oxygen atoms in total. The van der Waals surface area contributed by atoms with E-state index in [1.807, 2.05) is 48.5 Å². The van der Waals surface area contributed by atoms with Crippen LogP contribution in [0.1, 0.15) is 36.3 Å². The third-order valence-electron chi connectivity index (χ3n) is 5.17. The van der Waals surface area contributed by atoms with E-state index in [0.717, 1.165) is 22.3 Å². The highest BCUT2D eigenvalue weighted by Crippen LogP contribution is 2.44. The van der Waals surface area contributed by atoms with Crippen molar-refractivity contribution in [3.8, 4) is 11.1 Å². The Hall–Kier alpha value is -3.55. The number of carbonyl (C=O) groups excluding carboxylic acids is 2. The second kappa shape index (κ2) is 9.78. The summed E-state index contributed by atoms with van der Waals surface area (Å²) in [5.74, 6) is -1.32. The van der Waals surface area contributed by atoms with Crippen molar-refractivity contribution in [2.24, 2.45) is 11.5 Å². The van der Waals surface area contributed by atoms with Crippen molar-refractivity contribution >= 4 is 18.0 Å². The number of hydrogen-bond acceptors (Lipinski definition) is 4. The van der Waals surface area contributed by atoms with Gasteiger partial charge >= 0.3 is 12.1 Å². The highest BCUT2D eigenvalue weighted by molar-refractivity contribution is 5.80. The molecule has 0 unspecified atom stereocenters. The number of unbranched alkanes of at least 4 members (excludes halogenated alkanes) is 1. The fourth-order valence-corrected chi connectivity index (χ4v) is 3.74. The fourth-order valence-electron chi connectivity index (χ4n) is 3.74. The molecule has 0 saturated carbocycles. The van der Waals surface area contributed by atoms with Crippen LogP contribution in [0.15, 0.2) is 48.5 Å². The molecule has 158 valence electrons. The van der Waals surface area contributed by atoms with Crippen molar-refractivity contribution in [1.29, 1.82) is 0 Å². The Morgan fingerprint density at radius 2 is 1.63 bits per heavy atom. The lowest BCUT2D eigenvalue weighted by atomic mass is 9.98. The van der Waals surface area contributed by atoms with Gasteiger partial charge in [-0.1, -0.05) is 48.5 Å². The summed E-state index contributed by atoms with van der Waals surface area (Å²) < 4.78 is 5.39. The Balaban J connectivity index is 1.56. The van der Waals surface area contributed by atoms with Crippen LogP contribution in [0.4, 0.5) is 4.79 Å². The molecular weight excluding hydrogens is 384 g/mol. The third kappa shape index (κ3) is 5.08. The van der Waals surface area contributed by atoms with Gasteiger partial charge in [-0.15, -0.1) is 0 Å². The number of hydrogen-bond donors (Lipinski definition) is 4. The number of nitrogens with one attached hydrogen (secondary N) is 2. The summed E-state index contributed by atoms with van der Waals surface area (Å²) in [5.41, 5.74) is 15.0. The minimum absolute atomic E-state index is 0.0893. The van der Waals surface area contributed by atoms with Gasteiger partial charge in [0.2, 0.25) is 0 Å². The van der Waals surface area contributed by atoms with E-state index in [2.05, 4.69) is 10.3 Å². The predicted molar refractivity (Wildman–Crippen MR) is 110 cm³/mol. The van der Waals surface area contributed by atoms with Crippen LogP contribution in [0.5, 0.6) is 0 Å². The first-order valence-electron chi connectivity index (χ1n) is 9.91. The fraction of sp³-hybridized carbons (Fsp3) is 0.318. The average Bonchev–Trinajstić information content (AvgIpc) is 3.04. The lowest BCUT2D eigenvalue weighted by Gasteiger charge is -2.20. The molecule has 0 bridgehead atoms. The van der Waals surface area contributed by atoms with E-state index in [1.165, 1.54) is 0 Å². The molecule has 2 aromatic rings. The number of carboxylic acid groups (broad SMARTS) is 1. The Kier molecular flexibility index (Phi) is 6.90. The summed E-state index contributed by atoms with van der Waals surface area (Å²) in [5, 5.41) is 13.7. The molecule has 2 aromatic carbocycles. The molecule has 30 heavy (non-hydrogen) atoms. The molecule has 0 spiro atoms. The molecule has 1 amide bonds. The van der Waals surface area contributed by atoms with Gasteiger partial charge in [-0.3, -0.25) is 16.5 Å². The number of benzene rings is 2. The second-order valence-electron chi connectivity index (χ2n) is 7.22. The van der Waals surface area contributed by atoms with E-state index in [-0.39, 0.29) is 24.9 Å². The zero-order valence-electron chi connectivity index (χ0n) is 16.6. The minimum atomic E-state index is -1.35. The van der Waals surface area contributed by atoms with Gasteiger partial charge in [0.1, 0.15) is 6.61 Å². The zero-order chi connectivity index (χ0) is 21.5. The third-order valence-corrected chi connectivity index (χ3v) is 5.17. The first-order valence-corrected chi connectivity index (χ1v) is 9.91. The van der Waals surface area contributed by atoms with Gasteiger partial charge in [0.25, 0.3) is 0 Å². The molecular formula is C22H26N4O4. The number of ether oxygens (including phenoxy) is 1. The van der Waals surface area contributed by atoms with Gasteiger partial charge in [-0.2, -0.15) is 0 Å². The highest BCUT2D eigenvalue weighted by Gasteiger charge is 2.29. The van der Waals surface area contributed by atoms with Crippen molar-refractivity contribution in [2.45, 2.75) is 31.2 Å². The molecule has 0 aromatic heterocycles. The van der Waals surface area contributed by atoms with E-state index in [1.54, 1.807) is 0 Å². The lowest BCUT2D eigenvalue weighted by molar-refractivity contribution is -0.459. The van der Waals surface area contributed by atoms with Crippen LogP contribution in [0.2, 0.25) is 0 Å². The molecule has 8 heteroatoms. The number of rotatable bonds is 9. The standard InChI is InChI=1S/C22H26N4O4/c23-21(24)25-12-6-5-11-19(20(27)28)26-22(29)30-13-18-16-9-3-1-7-14(16)15-8-2-4-10-17(15)18/h1-4,7-10,18-19H,5-6,11-13H2,(H,26,29)(H,27,28)(H4,23,24,25)/t19-/m0/s1. The van der Waals surface area contributed by atoms with Crippen molar-refractivity contribution < 1.29 is 24.4 Å². The highest BCUT2D eigenvalue weighted by atomic mass is 16.5. The minimum Gasteiger partial charge on any atom is -0.548 e. The summed E-state index contributed by atoms with van der Waals surface area (Å²) in [6.07, 6.45) is 0.638. The van der Waals surface area contributed by atoms with Crippen LogP contribution in [0.25, 0.3) is 11.1 Å². The van der Waals surface area contributed by atoms with Gasteiger partial charge in [-0.05, 0) is 41.5 Å². The largest absolute Gasteiger partial charge is 0.548 e. The number of carbonyl (C=O) groups is 2. The molecule has 0 radical (unpaired) electrons.